The van der Waals surface area contributed by atoms with Gasteiger partial charge in [-0.1, -0.05) is 50.5 Å². The molecule has 0 amide bonds. The third-order valence-corrected chi connectivity index (χ3v) is 2.51. The predicted molar refractivity (Wildman–Crippen MR) is 65.5 cm³/mol. The van der Waals surface area contributed by atoms with E-state index in [1.165, 1.54) is 24.8 Å². The van der Waals surface area contributed by atoms with Crippen molar-refractivity contribution in [1.29, 1.82) is 0 Å². The summed E-state index contributed by atoms with van der Waals surface area (Å²) in [6.07, 6.45) is 10.4. The maximum atomic E-state index is 3.23. The molecule has 0 aliphatic heterocycles. The third-order valence-electron chi connectivity index (χ3n) is 2.51. The first-order valence-electron chi connectivity index (χ1n) is 5.72. The van der Waals surface area contributed by atoms with Crippen molar-refractivity contribution >= 4 is 0 Å². The highest BCUT2D eigenvalue weighted by Crippen LogP contribution is 2.17. The Labute approximate surface area is 89.3 Å². The number of allylic oxidation sites excluding steroid dienone is 3. The molecule has 0 saturated heterocycles. The van der Waals surface area contributed by atoms with Crippen LogP contribution in [0.3, 0.4) is 0 Å². The topological polar surface area (TPSA) is 12.0 Å². The van der Waals surface area contributed by atoms with E-state index in [0.29, 0.717) is 5.92 Å². The molecule has 0 fully saturated rings. The van der Waals surface area contributed by atoms with Crippen molar-refractivity contribution in [1.82, 2.24) is 5.32 Å². The van der Waals surface area contributed by atoms with Crippen LogP contribution in [0.1, 0.15) is 40.0 Å². The second-order valence-corrected chi connectivity index (χ2v) is 3.84. The van der Waals surface area contributed by atoms with E-state index in [0.717, 1.165) is 6.54 Å². The van der Waals surface area contributed by atoms with Crippen molar-refractivity contribution in [3.8, 4) is 0 Å². The summed E-state index contributed by atoms with van der Waals surface area (Å²) in [5, 5.41) is 3.23. The second kappa shape index (κ2) is 9.01. The van der Waals surface area contributed by atoms with Gasteiger partial charge in [0.2, 0.25) is 0 Å². The van der Waals surface area contributed by atoms with Gasteiger partial charge in [0.05, 0.1) is 0 Å². The van der Waals surface area contributed by atoms with Gasteiger partial charge in [-0.25, -0.2) is 0 Å². The zero-order valence-corrected chi connectivity index (χ0v) is 10.1. The molecule has 1 N–H and O–H groups in total. The van der Waals surface area contributed by atoms with Crippen molar-refractivity contribution in [3.05, 3.63) is 23.8 Å². The van der Waals surface area contributed by atoms with Gasteiger partial charge in [0.1, 0.15) is 0 Å². The van der Waals surface area contributed by atoms with E-state index in [2.05, 4.69) is 44.3 Å². The first kappa shape index (κ1) is 13.4. The maximum Gasteiger partial charge on any atom is 0.0167 e. The van der Waals surface area contributed by atoms with E-state index in [1.807, 2.05) is 7.05 Å². The third kappa shape index (κ3) is 5.98. The van der Waals surface area contributed by atoms with Gasteiger partial charge in [0.25, 0.3) is 0 Å². The van der Waals surface area contributed by atoms with Crippen molar-refractivity contribution in [2.45, 2.75) is 40.0 Å². The SMILES string of the molecule is C/C=C\C=C(/CNC)[C@H](C)CCCC. The molecule has 0 aromatic heterocycles. The second-order valence-electron chi connectivity index (χ2n) is 3.84. The average Bonchev–Trinajstić information content (AvgIpc) is 2.20. The van der Waals surface area contributed by atoms with Crippen LogP contribution in [-0.2, 0) is 0 Å². The molecule has 0 heterocycles. The summed E-state index contributed by atoms with van der Waals surface area (Å²) in [4.78, 5) is 0. The molecule has 14 heavy (non-hydrogen) atoms. The summed E-state index contributed by atoms with van der Waals surface area (Å²) in [6.45, 7) is 7.64. The van der Waals surface area contributed by atoms with Gasteiger partial charge in [-0.3, -0.25) is 0 Å². The largest absolute Gasteiger partial charge is 0.316 e. The fraction of sp³-hybridized carbons (Fsp3) is 0.692. The minimum Gasteiger partial charge on any atom is -0.316 e. The lowest BCUT2D eigenvalue weighted by atomic mass is 9.95. The van der Waals surface area contributed by atoms with Gasteiger partial charge in [-0.05, 0) is 26.3 Å². The number of nitrogens with one attached hydrogen (secondary N) is 1. The molecule has 1 nitrogen and oxygen atoms in total. The Morgan fingerprint density at radius 2 is 2.14 bits per heavy atom. The van der Waals surface area contributed by atoms with E-state index >= 15 is 0 Å². The van der Waals surface area contributed by atoms with Gasteiger partial charge in [-0.15, -0.1) is 0 Å². The Hall–Kier alpha value is -0.560. The number of unbranched alkanes of at least 4 members (excludes halogenated alkanes) is 1. The molecule has 0 unspecified atom stereocenters. The van der Waals surface area contributed by atoms with Crippen LogP contribution >= 0.6 is 0 Å². The molecule has 0 aliphatic rings. The molecule has 82 valence electrons. The summed E-state index contributed by atoms with van der Waals surface area (Å²) in [6, 6.07) is 0. The highest BCUT2D eigenvalue weighted by atomic mass is 14.8. The molecule has 0 aromatic rings. The standard InChI is InChI=1S/C13H25N/c1-5-7-9-12(3)13(11-14-4)10-8-6-2/h6,8,10,12,14H,5,7,9,11H2,1-4H3/b8-6-,13-10+/t12-/m1/s1. The molecule has 0 spiro atoms. The van der Waals surface area contributed by atoms with Gasteiger partial charge < -0.3 is 5.32 Å². The molecule has 0 bridgehead atoms. The van der Waals surface area contributed by atoms with Crippen LogP contribution in [0.5, 0.6) is 0 Å². The molecule has 1 atom stereocenters. The maximum absolute atomic E-state index is 3.23. The summed E-state index contributed by atoms with van der Waals surface area (Å²) >= 11 is 0. The summed E-state index contributed by atoms with van der Waals surface area (Å²) in [5.41, 5.74) is 1.51. The molecule has 0 aromatic carbocycles. The van der Waals surface area contributed by atoms with Gasteiger partial charge in [0.15, 0.2) is 0 Å². The van der Waals surface area contributed by atoms with Gasteiger partial charge in [-0.2, -0.15) is 0 Å². The Kier molecular flexibility index (Phi) is 8.65. The predicted octanol–water partition coefficient (Wildman–Crippen LogP) is 3.53. The smallest absolute Gasteiger partial charge is 0.0167 e. The normalized spacial score (nSPS) is 15.0. The minimum absolute atomic E-state index is 0.707. The number of likely N-dealkylation sites (N-methyl/N-ethyl adjacent to an activating group) is 1. The van der Waals surface area contributed by atoms with Gasteiger partial charge in [0, 0.05) is 6.54 Å². The van der Waals surface area contributed by atoms with Crippen LogP contribution in [0.15, 0.2) is 23.8 Å². The van der Waals surface area contributed by atoms with Crippen LogP contribution in [0, 0.1) is 5.92 Å². The summed E-state index contributed by atoms with van der Waals surface area (Å²) < 4.78 is 0. The lowest BCUT2D eigenvalue weighted by Crippen LogP contribution is -2.15. The Bertz CT molecular complexity index is 180. The van der Waals surface area contributed by atoms with Crippen molar-refractivity contribution in [3.63, 3.8) is 0 Å². The fourth-order valence-electron chi connectivity index (χ4n) is 1.52. The van der Waals surface area contributed by atoms with Crippen molar-refractivity contribution in [2.75, 3.05) is 13.6 Å². The first-order valence-corrected chi connectivity index (χ1v) is 5.72. The quantitative estimate of drug-likeness (QED) is 0.613. The molecular weight excluding hydrogens is 170 g/mol. The first-order chi connectivity index (χ1) is 6.76. The van der Waals surface area contributed by atoms with Crippen LogP contribution in [0.4, 0.5) is 0 Å². The Morgan fingerprint density at radius 1 is 1.43 bits per heavy atom. The molecule has 0 saturated carbocycles. The highest BCUT2D eigenvalue weighted by Gasteiger charge is 2.06. The van der Waals surface area contributed by atoms with Crippen LogP contribution in [0.25, 0.3) is 0 Å². The van der Waals surface area contributed by atoms with Crippen LogP contribution < -0.4 is 5.32 Å². The number of hydrogen-bond acceptors (Lipinski definition) is 1. The Morgan fingerprint density at radius 3 is 2.64 bits per heavy atom. The van der Waals surface area contributed by atoms with E-state index in [4.69, 9.17) is 0 Å². The lowest BCUT2D eigenvalue weighted by Gasteiger charge is -2.14. The monoisotopic (exact) mass is 195 g/mol. The van der Waals surface area contributed by atoms with Crippen molar-refractivity contribution < 1.29 is 0 Å². The van der Waals surface area contributed by atoms with Crippen LogP contribution in [-0.4, -0.2) is 13.6 Å². The number of rotatable bonds is 7. The molecular formula is C13H25N. The van der Waals surface area contributed by atoms with E-state index in [-0.39, 0.29) is 0 Å². The zero-order valence-electron chi connectivity index (χ0n) is 10.1. The van der Waals surface area contributed by atoms with E-state index in [9.17, 15) is 0 Å². The highest BCUT2D eigenvalue weighted by molar-refractivity contribution is 5.15. The molecule has 0 radical (unpaired) electrons. The minimum atomic E-state index is 0.707. The number of hydrogen-bond donors (Lipinski definition) is 1. The molecule has 0 aliphatic carbocycles. The van der Waals surface area contributed by atoms with Crippen LogP contribution in [0.2, 0.25) is 0 Å². The van der Waals surface area contributed by atoms with E-state index < -0.39 is 0 Å². The Balaban J connectivity index is 4.17. The summed E-state index contributed by atoms with van der Waals surface area (Å²) in [7, 11) is 2.01. The molecule has 0 rings (SSSR count). The van der Waals surface area contributed by atoms with Gasteiger partial charge >= 0.3 is 0 Å². The summed E-state index contributed by atoms with van der Waals surface area (Å²) in [5.74, 6) is 0.707. The molecule has 1 heteroatoms. The fourth-order valence-corrected chi connectivity index (χ4v) is 1.52. The van der Waals surface area contributed by atoms with Crippen molar-refractivity contribution in [2.24, 2.45) is 5.92 Å². The zero-order chi connectivity index (χ0) is 10.8. The average molecular weight is 195 g/mol. The van der Waals surface area contributed by atoms with E-state index in [1.54, 1.807) is 0 Å². The lowest BCUT2D eigenvalue weighted by molar-refractivity contribution is 0.556.